The number of quaternary nitrogens is 1. The summed E-state index contributed by atoms with van der Waals surface area (Å²) in [6.07, 6.45) is 0.0396. The maximum Gasteiger partial charge on any atom is 0.352 e. The van der Waals surface area contributed by atoms with Crippen molar-refractivity contribution in [3.8, 4) is 0 Å². The highest BCUT2D eigenvalue weighted by atomic mass is 32.2. The van der Waals surface area contributed by atoms with Crippen molar-refractivity contribution < 1.29 is 48.2 Å². The number of carbonyl (C=O) groups excluding carboxylic acids is 3. The van der Waals surface area contributed by atoms with Gasteiger partial charge < -0.3 is 35.3 Å². The van der Waals surface area contributed by atoms with Gasteiger partial charge in [0.1, 0.15) is 29.4 Å². The van der Waals surface area contributed by atoms with Crippen LogP contribution < -0.4 is 11.1 Å². The normalized spacial score (nSPS) is 19.7. The summed E-state index contributed by atoms with van der Waals surface area (Å²) < 4.78 is 5.57. The zero-order valence-corrected chi connectivity index (χ0v) is 23.5. The summed E-state index contributed by atoms with van der Waals surface area (Å²) in [4.78, 5) is 71.3. The average molecular weight is 598 g/mol. The molecule has 0 aliphatic carbocycles. The molecule has 2 aliphatic heterocycles. The van der Waals surface area contributed by atoms with Crippen LogP contribution in [0.25, 0.3) is 0 Å². The molecule has 0 saturated carbocycles. The van der Waals surface area contributed by atoms with Gasteiger partial charge in [0.05, 0.1) is 27.6 Å². The van der Waals surface area contributed by atoms with Crippen molar-refractivity contribution in [1.82, 2.24) is 15.2 Å². The Balaban J connectivity index is 1.71. The fourth-order valence-electron chi connectivity index (χ4n) is 3.93. The van der Waals surface area contributed by atoms with Gasteiger partial charge in [-0.05, 0) is 5.57 Å². The summed E-state index contributed by atoms with van der Waals surface area (Å²) >= 11 is 2.27. The summed E-state index contributed by atoms with van der Waals surface area (Å²) in [6, 6.07) is -1.06. The molecule has 2 aliphatic rings. The monoisotopic (exact) mass is 597 g/mol. The number of ether oxygens (including phenoxy) is 1. The van der Waals surface area contributed by atoms with E-state index in [4.69, 9.17) is 20.4 Å². The summed E-state index contributed by atoms with van der Waals surface area (Å²) in [5.74, 6) is -4.57. The Hall–Kier alpha value is -3.96. The number of fused-ring (bicyclic) bond motifs is 1. The van der Waals surface area contributed by atoms with Crippen LogP contribution in [-0.2, 0) is 33.5 Å². The lowest BCUT2D eigenvalue weighted by Crippen LogP contribution is -2.71. The van der Waals surface area contributed by atoms with Crippen LogP contribution in [0.15, 0.2) is 34.5 Å². The molecule has 0 aromatic carbocycles. The van der Waals surface area contributed by atoms with Gasteiger partial charge in [-0.25, -0.2) is 14.6 Å². The molecular formula is C23H29N6O9S2+. The zero-order valence-electron chi connectivity index (χ0n) is 21.9. The second-order valence-corrected chi connectivity index (χ2v) is 11.7. The van der Waals surface area contributed by atoms with Crippen LogP contribution in [0.5, 0.6) is 0 Å². The number of oxime groups is 1. The fraction of sp³-hybridized carbons (Fsp3) is 0.435. The summed E-state index contributed by atoms with van der Waals surface area (Å²) in [5.41, 5.74) is 5.51. The molecule has 5 N–H and O–H groups in total. The van der Waals surface area contributed by atoms with Gasteiger partial charge in [-0.15, -0.1) is 23.1 Å². The molecule has 1 fully saturated rings. The number of carbonyl (C=O) groups is 5. The second kappa shape index (κ2) is 12.5. The standard InChI is InChI=1S/C23H28N6O9S2/c1-5-11-9-39-21-17(20(34)28(21)18(11)22(35)36)26-19(33)16(13-10-40-23(24)25-13)27-37-8-15(32)38-12(6-14(30)31)7-29(2,3)4/h5,10,12,17,21H,1,6-9H2,2-4H3,(H4-,24,25,26,30,31,33,35,36)/p+1/b27-16-/t12?,17-,21-/m1/s1. The molecule has 3 heterocycles. The van der Waals surface area contributed by atoms with Crippen molar-refractivity contribution in [2.45, 2.75) is 23.9 Å². The number of likely N-dealkylation sites (N-methyl/N-ethyl adjacent to an activating group) is 1. The first kappa shape index (κ1) is 30.6. The van der Waals surface area contributed by atoms with E-state index < -0.39 is 60.3 Å². The number of carboxylic acid groups (broad SMARTS) is 2. The highest BCUT2D eigenvalue weighted by Crippen LogP contribution is 2.40. The van der Waals surface area contributed by atoms with E-state index in [1.165, 1.54) is 23.2 Å². The predicted molar refractivity (Wildman–Crippen MR) is 144 cm³/mol. The van der Waals surface area contributed by atoms with Crippen LogP contribution in [0, 0.1) is 0 Å². The molecule has 1 aromatic rings. The van der Waals surface area contributed by atoms with Gasteiger partial charge in [0.25, 0.3) is 11.8 Å². The van der Waals surface area contributed by atoms with E-state index in [0.29, 0.717) is 10.1 Å². The Morgan fingerprint density at radius 3 is 2.60 bits per heavy atom. The number of carboxylic acids is 2. The number of allylic oxidation sites excluding steroid dienone is 1. The number of aromatic nitrogens is 1. The fourth-order valence-corrected chi connectivity index (χ4v) is 5.82. The van der Waals surface area contributed by atoms with E-state index in [1.807, 2.05) is 21.1 Å². The highest BCUT2D eigenvalue weighted by molar-refractivity contribution is 8.00. The Labute approximate surface area is 236 Å². The first-order valence-electron chi connectivity index (χ1n) is 11.7. The number of nitrogen functional groups attached to an aromatic ring is 1. The number of β-lactam (4-membered cyclic amide) rings is 1. The minimum Gasteiger partial charge on any atom is -0.481 e. The smallest absolute Gasteiger partial charge is 0.352 e. The lowest BCUT2D eigenvalue weighted by molar-refractivity contribution is -0.873. The molecule has 0 radical (unpaired) electrons. The number of rotatable bonds is 13. The van der Waals surface area contributed by atoms with Crippen LogP contribution in [0.1, 0.15) is 12.1 Å². The molecule has 3 rings (SSSR count). The first-order chi connectivity index (χ1) is 18.7. The minimum atomic E-state index is -1.29. The highest BCUT2D eigenvalue weighted by Gasteiger charge is 2.54. The number of hydrogen-bond acceptors (Lipinski definition) is 12. The Kier molecular flexibility index (Phi) is 9.54. The molecule has 0 spiro atoms. The van der Waals surface area contributed by atoms with Crippen molar-refractivity contribution >= 4 is 63.7 Å². The molecule has 2 amide bonds. The lowest BCUT2D eigenvalue weighted by atomic mass is 10.0. The van der Waals surface area contributed by atoms with E-state index in [0.717, 1.165) is 16.2 Å². The Bertz CT molecular complexity index is 1290. The van der Waals surface area contributed by atoms with Crippen molar-refractivity contribution in [1.29, 1.82) is 0 Å². The van der Waals surface area contributed by atoms with Crippen LogP contribution in [0.2, 0.25) is 0 Å². The number of hydrogen-bond donors (Lipinski definition) is 4. The van der Waals surface area contributed by atoms with Crippen molar-refractivity contribution in [2.75, 3.05) is 45.8 Å². The molecular weight excluding hydrogens is 568 g/mol. The Morgan fingerprint density at radius 2 is 2.05 bits per heavy atom. The molecule has 1 unspecified atom stereocenters. The molecule has 0 bridgehead atoms. The third-order valence-corrected chi connectivity index (χ3v) is 7.48. The third kappa shape index (κ3) is 7.36. The number of nitrogens with two attached hydrogens (primary N) is 1. The largest absolute Gasteiger partial charge is 0.481 e. The molecule has 40 heavy (non-hydrogen) atoms. The number of esters is 1. The number of amides is 2. The number of nitrogens with one attached hydrogen (secondary N) is 1. The molecule has 1 aromatic heterocycles. The van der Waals surface area contributed by atoms with Gasteiger partial charge in [0.2, 0.25) is 6.61 Å². The number of anilines is 1. The zero-order chi connectivity index (χ0) is 29.8. The SMILES string of the molecule is C=CC1=C(C(=O)O)N2C(=O)[C@@H](NC(=O)/C(=N\OCC(=O)OC(CC(=O)O)C[N+](C)(C)C)c3csc(N)n3)[C@H]2SC1. The molecule has 1 saturated heterocycles. The van der Waals surface area contributed by atoms with Gasteiger partial charge in [-0.1, -0.05) is 17.8 Å². The Morgan fingerprint density at radius 1 is 1.35 bits per heavy atom. The van der Waals surface area contributed by atoms with Crippen molar-refractivity contribution in [2.24, 2.45) is 5.16 Å². The van der Waals surface area contributed by atoms with Gasteiger partial charge in [0.15, 0.2) is 16.9 Å². The van der Waals surface area contributed by atoms with Gasteiger partial charge in [-0.2, -0.15) is 0 Å². The first-order valence-corrected chi connectivity index (χ1v) is 13.6. The number of aliphatic carboxylic acids is 2. The van der Waals surface area contributed by atoms with Crippen LogP contribution in [0.3, 0.4) is 0 Å². The van der Waals surface area contributed by atoms with Gasteiger partial charge >= 0.3 is 17.9 Å². The van der Waals surface area contributed by atoms with Crippen LogP contribution >= 0.6 is 23.1 Å². The molecule has 3 atom stereocenters. The topological polar surface area (TPSA) is 211 Å². The number of nitrogens with zero attached hydrogens (tertiary/aromatic N) is 4. The number of thiazole rings is 1. The van der Waals surface area contributed by atoms with Crippen LogP contribution in [-0.4, -0.2) is 118 Å². The van der Waals surface area contributed by atoms with E-state index in [2.05, 4.69) is 22.0 Å². The third-order valence-electron chi connectivity index (χ3n) is 5.50. The lowest BCUT2D eigenvalue weighted by Gasteiger charge is -2.49. The van der Waals surface area contributed by atoms with Crippen molar-refractivity contribution in [3.05, 3.63) is 35.0 Å². The predicted octanol–water partition coefficient (Wildman–Crippen LogP) is -0.537. The van der Waals surface area contributed by atoms with E-state index in [1.54, 1.807) is 0 Å². The molecule has 17 heteroatoms. The maximum atomic E-state index is 13.1. The average Bonchev–Trinajstić information content (AvgIpc) is 3.27. The van der Waals surface area contributed by atoms with E-state index in [-0.39, 0.29) is 34.5 Å². The van der Waals surface area contributed by atoms with Crippen LogP contribution in [0.4, 0.5) is 5.13 Å². The maximum absolute atomic E-state index is 13.1. The molecule has 15 nitrogen and oxygen atoms in total. The van der Waals surface area contributed by atoms with Gasteiger partial charge in [-0.3, -0.25) is 19.3 Å². The number of thioether (sulfide) groups is 1. The van der Waals surface area contributed by atoms with E-state index >= 15 is 0 Å². The van der Waals surface area contributed by atoms with E-state index in [9.17, 15) is 29.1 Å². The minimum absolute atomic E-state index is 0.0159. The van der Waals surface area contributed by atoms with Gasteiger partial charge in [0, 0.05) is 11.1 Å². The quantitative estimate of drug-likeness (QED) is 0.0743. The second-order valence-electron chi connectivity index (χ2n) is 9.71. The van der Waals surface area contributed by atoms with Crippen molar-refractivity contribution in [3.63, 3.8) is 0 Å². The molecule has 216 valence electrons. The summed E-state index contributed by atoms with van der Waals surface area (Å²) in [7, 11) is 5.43. The summed E-state index contributed by atoms with van der Waals surface area (Å²) in [6.45, 7) is 3.08. The summed E-state index contributed by atoms with van der Waals surface area (Å²) in [5, 5.41) is 25.8.